The smallest absolute Gasteiger partial charge is 0.223 e. The number of amides is 1. The van der Waals surface area contributed by atoms with E-state index in [-0.39, 0.29) is 17.9 Å². The number of hydrogen-bond acceptors (Lipinski definition) is 4. The Morgan fingerprint density at radius 3 is 2.82 bits per heavy atom. The van der Waals surface area contributed by atoms with Gasteiger partial charge in [-0.1, -0.05) is 13.8 Å². The molecule has 0 aliphatic rings. The lowest BCUT2D eigenvalue weighted by Crippen LogP contribution is -2.32. The van der Waals surface area contributed by atoms with Gasteiger partial charge < -0.3 is 11.1 Å². The largest absolute Gasteiger partial charge is 0.347 e. The monoisotopic (exact) mass is 255 g/mol. The molecule has 0 spiro atoms. The Morgan fingerprint density at radius 2 is 2.29 bits per heavy atom. The standard InChI is InChI=1S/C12H21N3OS/c1-4-10-7-14-12(17-10)9(3)15-11(16)8(2)5-6-13/h7-9H,4-6,13H2,1-3H3,(H,15,16). The van der Waals surface area contributed by atoms with Gasteiger partial charge in [-0.3, -0.25) is 4.79 Å². The molecule has 1 aromatic rings. The Morgan fingerprint density at radius 1 is 1.59 bits per heavy atom. The molecular formula is C12H21N3OS. The van der Waals surface area contributed by atoms with Crippen molar-refractivity contribution in [1.82, 2.24) is 10.3 Å². The number of carbonyl (C=O) groups is 1. The van der Waals surface area contributed by atoms with E-state index in [9.17, 15) is 4.79 Å². The summed E-state index contributed by atoms with van der Waals surface area (Å²) < 4.78 is 0. The first-order chi connectivity index (χ1) is 8.08. The fourth-order valence-electron chi connectivity index (χ4n) is 1.48. The molecule has 0 aliphatic heterocycles. The fraction of sp³-hybridized carbons (Fsp3) is 0.667. The molecule has 3 N–H and O–H groups in total. The third-order valence-electron chi connectivity index (χ3n) is 2.70. The third kappa shape index (κ3) is 4.09. The zero-order valence-electron chi connectivity index (χ0n) is 10.7. The summed E-state index contributed by atoms with van der Waals surface area (Å²) in [6.07, 6.45) is 3.59. The van der Waals surface area contributed by atoms with Gasteiger partial charge in [-0.2, -0.15) is 0 Å². The van der Waals surface area contributed by atoms with Gasteiger partial charge in [0.05, 0.1) is 6.04 Å². The number of aryl methyl sites for hydroxylation is 1. The van der Waals surface area contributed by atoms with Crippen LogP contribution in [0.3, 0.4) is 0 Å². The van der Waals surface area contributed by atoms with Crippen molar-refractivity contribution in [2.24, 2.45) is 11.7 Å². The lowest BCUT2D eigenvalue weighted by molar-refractivity contribution is -0.125. The normalized spacial score (nSPS) is 14.4. The van der Waals surface area contributed by atoms with Crippen molar-refractivity contribution in [3.05, 3.63) is 16.1 Å². The molecule has 1 amide bonds. The molecule has 4 nitrogen and oxygen atoms in total. The molecule has 0 saturated carbocycles. The second-order valence-corrected chi connectivity index (χ2v) is 5.37. The van der Waals surface area contributed by atoms with Crippen LogP contribution >= 0.6 is 11.3 Å². The van der Waals surface area contributed by atoms with Crippen LogP contribution in [0.25, 0.3) is 0 Å². The number of nitrogens with two attached hydrogens (primary N) is 1. The van der Waals surface area contributed by atoms with Crippen LogP contribution in [0.2, 0.25) is 0 Å². The Bertz CT molecular complexity index is 364. The van der Waals surface area contributed by atoms with E-state index in [4.69, 9.17) is 5.73 Å². The maximum Gasteiger partial charge on any atom is 0.223 e. The summed E-state index contributed by atoms with van der Waals surface area (Å²) in [5, 5.41) is 3.94. The molecule has 0 aliphatic carbocycles. The summed E-state index contributed by atoms with van der Waals surface area (Å²) in [5.41, 5.74) is 5.44. The van der Waals surface area contributed by atoms with Crippen LogP contribution in [0.5, 0.6) is 0 Å². The number of carbonyl (C=O) groups excluding carboxylic acids is 1. The average molecular weight is 255 g/mol. The van der Waals surface area contributed by atoms with Crippen LogP contribution in [-0.2, 0) is 11.2 Å². The number of thiazole rings is 1. The molecule has 96 valence electrons. The van der Waals surface area contributed by atoms with E-state index in [1.807, 2.05) is 20.0 Å². The number of nitrogens with one attached hydrogen (secondary N) is 1. The van der Waals surface area contributed by atoms with E-state index < -0.39 is 0 Å². The average Bonchev–Trinajstić information content (AvgIpc) is 2.77. The molecule has 17 heavy (non-hydrogen) atoms. The topological polar surface area (TPSA) is 68.0 Å². The van der Waals surface area contributed by atoms with Crippen LogP contribution < -0.4 is 11.1 Å². The second-order valence-electron chi connectivity index (χ2n) is 4.23. The first-order valence-electron chi connectivity index (χ1n) is 6.03. The van der Waals surface area contributed by atoms with Crippen molar-refractivity contribution < 1.29 is 4.79 Å². The van der Waals surface area contributed by atoms with Gasteiger partial charge in [-0.05, 0) is 26.3 Å². The van der Waals surface area contributed by atoms with Crippen molar-refractivity contribution >= 4 is 17.2 Å². The van der Waals surface area contributed by atoms with E-state index in [1.165, 1.54) is 4.88 Å². The summed E-state index contributed by atoms with van der Waals surface area (Å²) in [4.78, 5) is 17.4. The Labute approximate surface area is 107 Å². The number of rotatable bonds is 6. The van der Waals surface area contributed by atoms with Crippen LogP contribution in [0, 0.1) is 5.92 Å². The number of hydrogen-bond donors (Lipinski definition) is 2. The third-order valence-corrected chi connectivity index (χ3v) is 4.02. The molecule has 1 aromatic heterocycles. The Balaban J connectivity index is 2.53. The molecular weight excluding hydrogens is 234 g/mol. The minimum Gasteiger partial charge on any atom is -0.347 e. The fourth-order valence-corrected chi connectivity index (χ4v) is 2.34. The van der Waals surface area contributed by atoms with Gasteiger partial charge in [-0.25, -0.2) is 4.98 Å². The highest BCUT2D eigenvalue weighted by molar-refractivity contribution is 7.11. The van der Waals surface area contributed by atoms with Gasteiger partial charge in [0.2, 0.25) is 5.91 Å². The molecule has 0 aromatic carbocycles. The molecule has 0 saturated heterocycles. The van der Waals surface area contributed by atoms with Gasteiger partial charge in [0, 0.05) is 17.0 Å². The van der Waals surface area contributed by atoms with Crippen molar-refractivity contribution in [2.45, 2.75) is 39.7 Å². The van der Waals surface area contributed by atoms with Crippen LogP contribution in [0.4, 0.5) is 0 Å². The minimum absolute atomic E-state index is 0.0203. The molecule has 5 heteroatoms. The van der Waals surface area contributed by atoms with E-state index in [1.54, 1.807) is 11.3 Å². The summed E-state index contributed by atoms with van der Waals surface area (Å²) in [5.74, 6) is 0.0178. The second kappa shape index (κ2) is 6.71. The summed E-state index contributed by atoms with van der Waals surface area (Å²) in [6, 6.07) is -0.0203. The lowest BCUT2D eigenvalue weighted by Gasteiger charge is -2.15. The zero-order chi connectivity index (χ0) is 12.8. The van der Waals surface area contributed by atoms with Crippen LogP contribution in [-0.4, -0.2) is 17.4 Å². The van der Waals surface area contributed by atoms with Gasteiger partial charge in [0.25, 0.3) is 0 Å². The van der Waals surface area contributed by atoms with Crippen LogP contribution in [0.1, 0.15) is 43.1 Å². The molecule has 2 unspecified atom stereocenters. The maximum atomic E-state index is 11.8. The van der Waals surface area contributed by atoms with Gasteiger partial charge in [-0.15, -0.1) is 11.3 Å². The highest BCUT2D eigenvalue weighted by atomic mass is 32.1. The number of nitrogens with zero attached hydrogens (tertiary/aromatic N) is 1. The maximum absolute atomic E-state index is 11.8. The molecule has 1 heterocycles. The summed E-state index contributed by atoms with van der Waals surface area (Å²) in [6.45, 7) is 6.50. The Hall–Kier alpha value is -0.940. The summed E-state index contributed by atoms with van der Waals surface area (Å²) in [7, 11) is 0. The quantitative estimate of drug-likeness (QED) is 0.815. The van der Waals surface area contributed by atoms with Gasteiger partial charge >= 0.3 is 0 Å². The highest BCUT2D eigenvalue weighted by Gasteiger charge is 2.17. The van der Waals surface area contributed by atoms with E-state index in [0.29, 0.717) is 6.54 Å². The van der Waals surface area contributed by atoms with Crippen LogP contribution in [0.15, 0.2) is 6.20 Å². The Kier molecular flexibility index (Phi) is 5.58. The lowest BCUT2D eigenvalue weighted by atomic mass is 10.1. The van der Waals surface area contributed by atoms with Crippen molar-refractivity contribution in [3.63, 3.8) is 0 Å². The first kappa shape index (κ1) is 14.1. The SMILES string of the molecule is CCc1cnc(C(C)NC(=O)C(C)CCN)s1. The summed E-state index contributed by atoms with van der Waals surface area (Å²) >= 11 is 1.66. The zero-order valence-corrected chi connectivity index (χ0v) is 11.5. The van der Waals surface area contributed by atoms with E-state index >= 15 is 0 Å². The molecule has 0 bridgehead atoms. The van der Waals surface area contributed by atoms with Gasteiger partial charge in [0.1, 0.15) is 5.01 Å². The minimum atomic E-state index is -0.0342. The van der Waals surface area contributed by atoms with Crippen molar-refractivity contribution in [2.75, 3.05) is 6.54 Å². The molecule has 0 fully saturated rings. The van der Waals surface area contributed by atoms with E-state index in [2.05, 4.69) is 17.2 Å². The van der Waals surface area contributed by atoms with Gasteiger partial charge in [0.15, 0.2) is 0 Å². The van der Waals surface area contributed by atoms with Crippen molar-refractivity contribution in [3.8, 4) is 0 Å². The molecule has 2 atom stereocenters. The molecule has 1 rings (SSSR count). The number of aromatic nitrogens is 1. The predicted molar refractivity (Wildman–Crippen MR) is 70.9 cm³/mol. The van der Waals surface area contributed by atoms with E-state index in [0.717, 1.165) is 17.8 Å². The highest BCUT2D eigenvalue weighted by Crippen LogP contribution is 2.20. The first-order valence-corrected chi connectivity index (χ1v) is 6.85. The predicted octanol–water partition coefficient (Wildman–Crippen LogP) is 1.87. The molecule has 0 radical (unpaired) electrons. The van der Waals surface area contributed by atoms with Crippen molar-refractivity contribution in [1.29, 1.82) is 0 Å².